The quantitative estimate of drug-likeness (QED) is 0.553. The second kappa shape index (κ2) is 6.31. The number of sulfonamides is 1. The van der Waals surface area contributed by atoms with Crippen LogP contribution in [-0.2, 0) is 10.0 Å². The van der Waals surface area contributed by atoms with Crippen LogP contribution in [0.25, 0.3) is 0 Å². The van der Waals surface area contributed by atoms with Crippen LogP contribution in [0.1, 0.15) is 19.3 Å². The van der Waals surface area contributed by atoms with E-state index in [9.17, 15) is 21.6 Å². The van der Waals surface area contributed by atoms with E-state index in [4.69, 9.17) is 10.9 Å². The number of nitrogen functional groups attached to an aromatic ring is 1. The number of nitrogens with one attached hydrogen (secondary N) is 1. The van der Waals surface area contributed by atoms with Gasteiger partial charge in [-0.05, 0) is 25.0 Å². The van der Waals surface area contributed by atoms with E-state index in [1.165, 1.54) is 18.2 Å². The maximum Gasteiger partial charge on any atom is 0.389 e. The van der Waals surface area contributed by atoms with E-state index in [0.29, 0.717) is 12.1 Å². The summed E-state index contributed by atoms with van der Waals surface area (Å²) in [5.41, 5.74) is 5.95. The van der Waals surface area contributed by atoms with Gasteiger partial charge in [-0.15, -0.1) is 0 Å². The fraction of sp³-hybridized carbons (Fsp3) is 0.455. The van der Waals surface area contributed by atoms with Crippen molar-refractivity contribution in [3.63, 3.8) is 0 Å². The molecule has 0 radical (unpaired) electrons. The first-order valence-corrected chi connectivity index (χ1v) is 7.38. The molecular formula is C11H16F3N3O2S. The summed E-state index contributed by atoms with van der Waals surface area (Å²) in [5, 5.41) is 7.79. The van der Waals surface area contributed by atoms with Gasteiger partial charge in [-0.1, -0.05) is 6.07 Å². The number of alkyl halides is 3. The molecule has 0 fully saturated rings. The fourth-order valence-electron chi connectivity index (χ4n) is 1.62. The molecular weight excluding hydrogens is 295 g/mol. The van der Waals surface area contributed by atoms with Crippen molar-refractivity contribution in [2.75, 3.05) is 17.6 Å². The van der Waals surface area contributed by atoms with Crippen LogP contribution < -0.4 is 16.2 Å². The lowest BCUT2D eigenvalue weighted by molar-refractivity contribution is -0.135. The minimum atomic E-state index is -4.16. The number of anilines is 2. The first-order chi connectivity index (χ1) is 9.11. The predicted octanol–water partition coefficient (Wildman–Crippen LogP) is 2.06. The van der Waals surface area contributed by atoms with Crippen molar-refractivity contribution in [2.45, 2.75) is 30.3 Å². The van der Waals surface area contributed by atoms with Gasteiger partial charge in [-0.3, -0.25) is 0 Å². The minimum absolute atomic E-state index is 0.00865. The Labute approximate surface area is 115 Å². The van der Waals surface area contributed by atoms with E-state index in [-0.39, 0.29) is 23.5 Å². The van der Waals surface area contributed by atoms with Gasteiger partial charge in [-0.2, -0.15) is 13.2 Å². The Kier molecular flexibility index (Phi) is 5.23. The number of hydrogen-bond acceptors (Lipinski definition) is 4. The van der Waals surface area contributed by atoms with Gasteiger partial charge in [0, 0.05) is 13.0 Å². The zero-order chi connectivity index (χ0) is 15.4. The first-order valence-electron chi connectivity index (χ1n) is 5.83. The number of rotatable bonds is 6. The third-order valence-electron chi connectivity index (χ3n) is 2.58. The zero-order valence-electron chi connectivity index (χ0n) is 10.6. The van der Waals surface area contributed by atoms with Gasteiger partial charge in [0.25, 0.3) is 0 Å². The Morgan fingerprint density at radius 2 is 1.85 bits per heavy atom. The van der Waals surface area contributed by atoms with Crippen molar-refractivity contribution >= 4 is 21.4 Å². The van der Waals surface area contributed by atoms with Gasteiger partial charge >= 0.3 is 6.18 Å². The monoisotopic (exact) mass is 311 g/mol. The molecule has 1 aromatic carbocycles. The minimum Gasteiger partial charge on any atom is -0.396 e. The maximum absolute atomic E-state index is 11.9. The second-order valence-electron chi connectivity index (χ2n) is 4.26. The average molecular weight is 311 g/mol. The molecule has 1 aromatic rings. The van der Waals surface area contributed by atoms with Crippen molar-refractivity contribution in [2.24, 2.45) is 5.14 Å². The lowest BCUT2D eigenvalue weighted by atomic mass is 10.2. The van der Waals surface area contributed by atoms with Crippen LogP contribution in [0.2, 0.25) is 0 Å². The van der Waals surface area contributed by atoms with Crippen LogP contribution in [0.3, 0.4) is 0 Å². The topological polar surface area (TPSA) is 98.2 Å². The van der Waals surface area contributed by atoms with Crippen LogP contribution in [-0.4, -0.2) is 21.1 Å². The summed E-state index contributed by atoms with van der Waals surface area (Å²) < 4.78 is 58.3. The van der Waals surface area contributed by atoms with E-state index in [0.717, 1.165) is 0 Å². The molecule has 114 valence electrons. The van der Waals surface area contributed by atoms with Crippen molar-refractivity contribution in [3.05, 3.63) is 18.2 Å². The van der Waals surface area contributed by atoms with Gasteiger partial charge in [-0.25, -0.2) is 13.6 Å². The van der Waals surface area contributed by atoms with Crippen LogP contribution in [0.4, 0.5) is 24.5 Å². The third-order valence-corrected chi connectivity index (χ3v) is 3.54. The van der Waals surface area contributed by atoms with Crippen molar-refractivity contribution in [1.82, 2.24) is 0 Å². The highest BCUT2D eigenvalue weighted by atomic mass is 32.2. The van der Waals surface area contributed by atoms with Crippen LogP contribution in [0.15, 0.2) is 23.1 Å². The summed E-state index contributed by atoms with van der Waals surface area (Å²) >= 11 is 0. The first kappa shape index (κ1) is 16.6. The number of unbranched alkanes of at least 4 members (excludes halogenated alkanes) is 1. The smallest absolute Gasteiger partial charge is 0.389 e. The van der Waals surface area contributed by atoms with Crippen LogP contribution >= 0.6 is 0 Å². The molecule has 0 saturated carbocycles. The third kappa shape index (κ3) is 5.25. The van der Waals surface area contributed by atoms with Crippen LogP contribution in [0.5, 0.6) is 0 Å². The van der Waals surface area contributed by atoms with Gasteiger partial charge in [0.1, 0.15) is 4.90 Å². The number of nitrogens with two attached hydrogens (primary N) is 2. The summed E-state index contributed by atoms with van der Waals surface area (Å²) in [5.74, 6) is 0. The van der Waals surface area contributed by atoms with Gasteiger partial charge in [0.05, 0.1) is 11.4 Å². The lowest BCUT2D eigenvalue weighted by Crippen LogP contribution is -2.16. The summed E-state index contributed by atoms with van der Waals surface area (Å²) in [6.45, 7) is 0.258. The Hall–Kier alpha value is -1.48. The van der Waals surface area contributed by atoms with E-state index in [1.54, 1.807) is 0 Å². The van der Waals surface area contributed by atoms with E-state index >= 15 is 0 Å². The molecule has 0 aliphatic heterocycles. The zero-order valence-corrected chi connectivity index (χ0v) is 11.4. The molecule has 0 unspecified atom stereocenters. The number of hydrogen-bond donors (Lipinski definition) is 3. The normalized spacial score (nSPS) is 12.4. The van der Waals surface area contributed by atoms with Crippen molar-refractivity contribution < 1.29 is 21.6 Å². The predicted molar refractivity (Wildman–Crippen MR) is 70.6 cm³/mol. The lowest BCUT2D eigenvalue weighted by Gasteiger charge is -2.12. The number of halogens is 3. The molecule has 0 amide bonds. The van der Waals surface area contributed by atoms with Crippen LogP contribution in [0, 0.1) is 0 Å². The molecule has 1 rings (SSSR count). The maximum atomic E-state index is 11.9. The Bertz CT molecular complexity index is 559. The highest BCUT2D eigenvalue weighted by Gasteiger charge is 2.25. The highest BCUT2D eigenvalue weighted by Crippen LogP contribution is 2.26. The molecule has 5 N–H and O–H groups in total. The Morgan fingerprint density at radius 1 is 1.20 bits per heavy atom. The molecule has 0 heterocycles. The molecule has 0 bridgehead atoms. The van der Waals surface area contributed by atoms with Crippen molar-refractivity contribution in [3.8, 4) is 0 Å². The molecule has 0 atom stereocenters. The summed E-state index contributed by atoms with van der Waals surface area (Å²) in [6, 6.07) is 4.25. The second-order valence-corrected chi connectivity index (χ2v) is 5.79. The average Bonchev–Trinajstić information content (AvgIpc) is 2.27. The van der Waals surface area contributed by atoms with Gasteiger partial charge in [0.2, 0.25) is 10.0 Å². The Morgan fingerprint density at radius 3 is 2.40 bits per heavy atom. The number of para-hydroxylation sites is 1. The van der Waals surface area contributed by atoms with Crippen molar-refractivity contribution in [1.29, 1.82) is 0 Å². The molecule has 0 saturated heterocycles. The summed E-state index contributed by atoms with van der Waals surface area (Å²) in [6.07, 6.45) is -4.72. The molecule has 0 aliphatic carbocycles. The van der Waals surface area contributed by atoms with Gasteiger partial charge in [0.15, 0.2) is 0 Å². The van der Waals surface area contributed by atoms with Gasteiger partial charge < -0.3 is 11.1 Å². The standard InChI is InChI=1S/C11H16F3N3O2S/c12-11(13,14)6-1-2-7-17-8-4-3-5-9(10(8)15)20(16,18)19/h3-5,17H,1-2,6-7,15H2,(H2,16,18,19). The molecule has 0 aromatic heterocycles. The number of primary sulfonamides is 1. The highest BCUT2D eigenvalue weighted by molar-refractivity contribution is 7.89. The van der Waals surface area contributed by atoms with E-state index < -0.39 is 22.6 Å². The summed E-state index contributed by atoms with van der Waals surface area (Å²) in [4.78, 5) is -0.210. The molecule has 9 heteroatoms. The van der Waals surface area contributed by atoms with E-state index in [1.807, 2.05) is 0 Å². The van der Waals surface area contributed by atoms with E-state index in [2.05, 4.69) is 5.32 Å². The fourth-order valence-corrected chi connectivity index (χ4v) is 2.30. The largest absolute Gasteiger partial charge is 0.396 e. The SMILES string of the molecule is Nc1c(NCCCCC(F)(F)F)cccc1S(N)(=O)=O. The molecule has 5 nitrogen and oxygen atoms in total. The molecule has 20 heavy (non-hydrogen) atoms. The summed E-state index contributed by atoms with van der Waals surface area (Å²) in [7, 11) is -3.92. The molecule has 0 aliphatic rings. The Balaban J connectivity index is 2.58. The molecule has 0 spiro atoms. The number of benzene rings is 1.